The number of hydrogen-bond donors (Lipinski definition) is 1. The highest BCUT2D eigenvalue weighted by Gasteiger charge is 2.38. The van der Waals surface area contributed by atoms with Crippen LogP contribution in [0.4, 0.5) is 0 Å². The summed E-state index contributed by atoms with van der Waals surface area (Å²) in [5.74, 6) is -1.25. The van der Waals surface area contributed by atoms with Crippen LogP contribution in [0, 0.1) is 0 Å². The lowest BCUT2D eigenvalue weighted by Crippen LogP contribution is -2.36. The Morgan fingerprint density at radius 1 is 0.780 bits per heavy atom. The van der Waals surface area contributed by atoms with Gasteiger partial charge in [-0.05, 0) is 59.2 Å². The predicted octanol–water partition coefficient (Wildman–Crippen LogP) is 6.98. The Labute approximate surface area is 250 Å². The van der Waals surface area contributed by atoms with Crippen molar-refractivity contribution in [2.24, 2.45) is 0 Å². The Morgan fingerprint density at radius 3 is 1.90 bits per heavy atom. The van der Waals surface area contributed by atoms with Crippen molar-refractivity contribution in [3.05, 3.63) is 0 Å². The third-order valence-electron chi connectivity index (χ3n) is 8.10. The van der Waals surface area contributed by atoms with E-state index in [1.54, 1.807) is 0 Å². The van der Waals surface area contributed by atoms with Crippen LogP contribution < -0.4 is 0 Å². The summed E-state index contributed by atoms with van der Waals surface area (Å²) in [4.78, 5) is 40.3. The molecule has 2 atom stereocenters. The van der Waals surface area contributed by atoms with E-state index in [1.165, 1.54) is 64.2 Å². The highest BCUT2D eigenvalue weighted by atomic mass is 16.5. The van der Waals surface area contributed by atoms with E-state index in [0.717, 1.165) is 44.9 Å². The van der Waals surface area contributed by atoms with Gasteiger partial charge in [0.2, 0.25) is 0 Å². The molecule has 1 N–H and O–H groups in total. The maximum absolute atomic E-state index is 12.6. The Bertz CT molecular complexity index is 685. The molecule has 240 valence electrons. The molecule has 0 spiro atoms. The van der Waals surface area contributed by atoms with E-state index in [0.29, 0.717) is 38.9 Å². The number of hydrogen-bond acceptors (Lipinski definition) is 7. The molecular weight excluding hydrogens is 520 g/mol. The number of likely N-dealkylation sites (tertiary alicyclic amines) is 1. The second-order valence-electron chi connectivity index (χ2n) is 12.3. The van der Waals surface area contributed by atoms with Crippen LogP contribution in [0.2, 0.25) is 0 Å². The quantitative estimate of drug-likeness (QED) is 0.0862. The number of aliphatic carboxylic acids is 1. The molecule has 0 bridgehead atoms. The van der Waals surface area contributed by atoms with Crippen molar-refractivity contribution < 1.29 is 29.0 Å². The van der Waals surface area contributed by atoms with Gasteiger partial charge in [-0.3, -0.25) is 19.3 Å². The number of carbonyl (C=O) groups is 3. The molecule has 0 saturated carbocycles. The van der Waals surface area contributed by atoms with Gasteiger partial charge in [-0.25, -0.2) is 0 Å². The van der Waals surface area contributed by atoms with Gasteiger partial charge >= 0.3 is 17.9 Å². The van der Waals surface area contributed by atoms with Crippen molar-refractivity contribution in [1.82, 2.24) is 9.80 Å². The second-order valence-corrected chi connectivity index (χ2v) is 12.3. The van der Waals surface area contributed by atoms with Gasteiger partial charge in [-0.2, -0.15) is 0 Å². The molecule has 0 aromatic rings. The first-order valence-corrected chi connectivity index (χ1v) is 16.8. The van der Waals surface area contributed by atoms with E-state index in [-0.39, 0.29) is 24.1 Å². The zero-order chi connectivity index (χ0) is 30.3. The number of nitrogens with zero attached hydrogens (tertiary/aromatic N) is 2. The Morgan fingerprint density at radius 2 is 1.34 bits per heavy atom. The van der Waals surface area contributed by atoms with Crippen molar-refractivity contribution in [1.29, 1.82) is 0 Å². The molecule has 0 aliphatic carbocycles. The molecule has 0 aromatic heterocycles. The molecule has 0 radical (unpaired) electrons. The first-order valence-electron chi connectivity index (χ1n) is 16.8. The van der Waals surface area contributed by atoms with Crippen LogP contribution in [0.25, 0.3) is 0 Å². The van der Waals surface area contributed by atoms with Crippen LogP contribution in [0.15, 0.2) is 0 Å². The number of esters is 2. The van der Waals surface area contributed by atoms with Crippen LogP contribution in [0.1, 0.15) is 142 Å². The molecule has 1 fully saturated rings. The summed E-state index contributed by atoms with van der Waals surface area (Å²) in [6.45, 7) is 6.15. The number of carboxylic acids is 1. The predicted molar refractivity (Wildman–Crippen MR) is 165 cm³/mol. The van der Waals surface area contributed by atoms with Gasteiger partial charge in [-0.1, -0.05) is 84.5 Å². The largest absolute Gasteiger partial charge is 0.480 e. The third kappa shape index (κ3) is 19.2. The smallest absolute Gasteiger partial charge is 0.321 e. The van der Waals surface area contributed by atoms with Crippen LogP contribution in [-0.4, -0.2) is 84.8 Å². The highest BCUT2D eigenvalue weighted by molar-refractivity contribution is 5.74. The maximum atomic E-state index is 12.6. The van der Waals surface area contributed by atoms with Gasteiger partial charge in [-0.15, -0.1) is 0 Å². The minimum atomic E-state index is -0.873. The molecule has 1 heterocycles. The number of unbranched alkanes of at least 4 members (excludes halogenated alkanes) is 12. The molecule has 0 amide bonds. The maximum Gasteiger partial charge on any atom is 0.321 e. The van der Waals surface area contributed by atoms with Crippen LogP contribution in [-0.2, 0) is 23.9 Å². The van der Waals surface area contributed by atoms with Crippen LogP contribution >= 0.6 is 0 Å². The Balaban J connectivity index is 2.35. The van der Waals surface area contributed by atoms with Crippen molar-refractivity contribution in [3.63, 3.8) is 0 Å². The number of ether oxygens (including phenoxy) is 2. The summed E-state index contributed by atoms with van der Waals surface area (Å²) >= 11 is 0. The molecule has 1 aliphatic heterocycles. The van der Waals surface area contributed by atoms with E-state index in [4.69, 9.17) is 9.47 Å². The van der Waals surface area contributed by atoms with Gasteiger partial charge < -0.3 is 19.5 Å². The third-order valence-corrected chi connectivity index (χ3v) is 8.10. The van der Waals surface area contributed by atoms with Crippen molar-refractivity contribution in [3.8, 4) is 0 Å². The van der Waals surface area contributed by atoms with E-state index in [9.17, 15) is 19.5 Å². The molecule has 8 nitrogen and oxygen atoms in total. The van der Waals surface area contributed by atoms with E-state index < -0.39 is 12.0 Å². The lowest BCUT2D eigenvalue weighted by atomic mass is 10.0. The summed E-state index contributed by atoms with van der Waals surface area (Å²) in [6, 6.07) is -0.628. The van der Waals surface area contributed by atoms with E-state index in [1.807, 2.05) is 23.9 Å². The zero-order valence-electron chi connectivity index (χ0n) is 26.9. The first kappa shape index (κ1) is 37.4. The van der Waals surface area contributed by atoms with Gasteiger partial charge in [0.1, 0.15) is 18.2 Å². The Hall–Kier alpha value is -1.67. The molecule has 41 heavy (non-hydrogen) atoms. The van der Waals surface area contributed by atoms with E-state index >= 15 is 0 Å². The molecular formula is C33H62N2O6. The molecule has 1 unspecified atom stereocenters. The van der Waals surface area contributed by atoms with Gasteiger partial charge in [0.05, 0.1) is 6.42 Å². The number of carboxylic acid groups (broad SMARTS) is 1. The molecule has 1 aliphatic rings. The fourth-order valence-electron chi connectivity index (χ4n) is 5.58. The lowest BCUT2D eigenvalue weighted by Gasteiger charge is -2.20. The normalized spacial score (nSPS) is 17.4. The summed E-state index contributed by atoms with van der Waals surface area (Å²) in [5, 5.41) is 9.65. The highest BCUT2D eigenvalue weighted by Crippen LogP contribution is 2.23. The number of carbonyl (C=O) groups excluding carboxylic acids is 2. The zero-order valence-corrected chi connectivity index (χ0v) is 26.9. The first-order chi connectivity index (χ1) is 19.8. The van der Waals surface area contributed by atoms with E-state index in [2.05, 4.69) is 13.8 Å². The monoisotopic (exact) mass is 582 g/mol. The summed E-state index contributed by atoms with van der Waals surface area (Å²) in [6.07, 6.45) is 20.0. The fourth-order valence-corrected chi connectivity index (χ4v) is 5.58. The van der Waals surface area contributed by atoms with Gasteiger partial charge in [0.15, 0.2) is 0 Å². The molecule has 1 rings (SSSR count). The van der Waals surface area contributed by atoms with Crippen molar-refractivity contribution >= 4 is 17.9 Å². The Kier molecular flexibility index (Phi) is 21.7. The average Bonchev–Trinajstić information content (AvgIpc) is 3.33. The molecule has 8 heteroatoms. The number of rotatable bonds is 26. The summed E-state index contributed by atoms with van der Waals surface area (Å²) in [5.41, 5.74) is 0. The summed E-state index contributed by atoms with van der Waals surface area (Å²) in [7, 11) is 3.80. The standard InChI is InChI=1S/C33H62N2O6/c1-5-7-9-11-13-16-20-28(21-17-14-12-10-8-6-2)40-31(36)22-18-15-19-24-35-27-29(26-30(35)33(38)39)41-32(37)23-25-34(3)4/h28-30H,5-27H2,1-4H3,(H,38,39)/t29?,30-/m0/s1. The lowest BCUT2D eigenvalue weighted by molar-refractivity contribution is -0.150. The van der Waals surface area contributed by atoms with Crippen LogP contribution in [0.3, 0.4) is 0 Å². The van der Waals surface area contributed by atoms with Crippen molar-refractivity contribution in [2.45, 2.75) is 161 Å². The minimum absolute atomic E-state index is 0.0399. The van der Waals surface area contributed by atoms with Crippen LogP contribution in [0.5, 0.6) is 0 Å². The molecule has 1 saturated heterocycles. The second kappa shape index (κ2) is 23.8. The topological polar surface area (TPSA) is 96.4 Å². The average molecular weight is 583 g/mol. The summed E-state index contributed by atoms with van der Waals surface area (Å²) < 4.78 is 11.5. The fraction of sp³-hybridized carbons (Fsp3) is 0.909. The van der Waals surface area contributed by atoms with Gasteiger partial charge in [0, 0.05) is 25.9 Å². The minimum Gasteiger partial charge on any atom is -0.480 e. The molecule has 0 aromatic carbocycles. The van der Waals surface area contributed by atoms with Crippen molar-refractivity contribution in [2.75, 3.05) is 33.7 Å². The van der Waals surface area contributed by atoms with Gasteiger partial charge in [0.25, 0.3) is 0 Å². The SMILES string of the molecule is CCCCCCCCC(CCCCCCCC)OC(=O)CCCCCN1CC(OC(=O)CCN(C)C)C[C@H]1C(=O)O.